The SMILES string of the molecule is Fc1ccc(-c2nnc(N3CCc4[nH]cnc4[C@H]3c3cc4c(F)cccn4n3)o2)cc1. The van der Waals surface area contributed by atoms with Crippen LogP contribution in [0.5, 0.6) is 0 Å². The Balaban J connectivity index is 1.44. The van der Waals surface area contributed by atoms with Crippen LogP contribution < -0.4 is 4.90 Å². The number of pyridine rings is 1. The Morgan fingerprint density at radius 3 is 2.81 bits per heavy atom. The predicted molar refractivity (Wildman–Crippen MR) is 106 cm³/mol. The van der Waals surface area contributed by atoms with E-state index in [-0.39, 0.29) is 23.5 Å². The quantitative estimate of drug-likeness (QED) is 0.481. The number of aromatic nitrogens is 6. The van der Waals surface area contributed by atoms with Crippen LogP contribution in [-0.4, -0.2) is 36.3 Å². The van der Waals surface area contributed by atoms with Gasteiger partial charge in [0.05, 0.1) is 17.7 Å². The first-order valence-corrected chi connectivity index (χ1v) is 9.69. The lowest BCUT2D eigenvalue weighted by Gasteiger charge is -2.32. The van der Waals surface area contributed by atoms with Gasteiger partial charge in [-0.3, -0.25) is 0 Å². The number of benzene rings is 1. The lowest BCUT2D eigenvalue weighted by atomic mass is 10.0. The maximum atomic E-state index is 14.3. The summed E-state index contributed by atoms with van der Waals surface area (Å²) in [5.74, 6) is -0.422. The molecule has 1 atom stereocenters. The summed E-state index contributed by atoms with van der Waals surface area (Å²) < 4.78 is 34.9. The summed E-state index contributed by atoms with van der Waals surface area (Å²) >= 11 is 0. The second kappa shape index (κ2) is 6.73. The number of hydrogen-bond donors (Lipinski definition) is 1. The maximum absolute atomic E-state index is 14.3. The van der Waals surface area contributed by atoms with E-state index in [0.29, 0.717) is 29.7 Å². The maximum Gasteiger partial charge on any atom is 0.319 e. The van der Waals surface area contributed by atoms with Crippen molar-refractivity contribution in [3.8, 4) is 11.5 Å². The molecule has 1 aliphatic heterocycles. The van der Waals surface area contributed by atoms with E-state index >= 15 is 0 Å². The lowest BCUT2D eigenvalue weighted by molar-refractivity contribution is 0.503. The number of rotatable bonds is 3. The average Bonchev–Trinajstić information content (AvgIpc) is 3.52. The van der Waals surface area contributed by atoms with Gasteiger partial charge in [-0.15, -0.1) is 5.10 Å². The van der Waals surface area contributed by atoms with E-state index in [0.717, 1.165) is 11.4 Å². The number of halogens is 2. The fraction of sp³-hybridized carbons (Fsp3) is 0.143. The zero-order chi connectivity index (χ0) is 20.9. The minimum absolute atomic E-state index is 0.280. The highest BCUT2D eigenvalue weighted by atomic mass is 19.1. The summed E-state index contributed by atoms with van der Waals surface area (Å²) in [6, 6.07) is 10.4. The van der Waals surface area contributed by atoms with Crippen LogP contribution in [0.15, 0.2) is 59.4 Å². The molecule has 6 rings (SSSR count). The topological polar surface area (TPSA) is 88.1 Å². The Morgan fingerprint density at radius 2 is 1.97 bits per heavy atom. The molecule has 0 aliphatic carbocycles. The number of nitrogens with one attached hydrogen (secondary N) is 1. The minimum atomic E-state index is -0.434. The first kappa shape index (κ1) is 17.8. The van der Waals surface area contributed by atoms with E-state index in [4.69, 9.17) is 4.42 Å². The first-order valence-electron chi connectivity index (χ1n) is 9.69. The van der Waals surface area contributed by atoms with Crippen LogP contribution in [0.25, 0.3) is 17.0 Å². The molecule has 5 aromatic rings. The largest absolute Gasteiger partial charge is 0.403 e. The highest BCUT2D eigenvalue weighted by Gasteiger charge is 2.36. The van der Waals surface area contributed by atoms with Crippen LogP contribution in [0.4, 0.5) is 14.8 Å². The number of fused-ring (bicyclic) bond motifs is 2. The molecular weight excluding hydrogens is 404 g/mol. The number of H-pyrrole nitrogens is 1. The van der Waals surface area contributed by atoms with E-state index in [1.165, 1.54) is 22.7 Å². The molecule has 0 fully saturated rings. The molecule has 0 bridgehead atoms. The van der Waals surface area contributed by atoms with Crippen LogP contribution >= 0.6 is 0 Å². The smallest absolute Gasteiger partial charge is 0.319 e. The minimum Gasteiger partial charge on any atom is -0.403 e. The fourth-order valence-corrected chi connectivity index (χ4v) is 3.96. The van der Waals surface area contributed by atoms with Crippen LogP contribution in [0.3, 0.4) is 0 Å². The molecule has 0 saturated heterocycles. The van der Waals surface area contributed by atoms with Crippen molar-refractivity contribution in [2.45, 2.75) is 12.5 Å². The van der Waals surface area contributed by atoms with Gasteiger partial charge in [0.25, 0.3) is 0 Å². The van der Waals surface area contributed by atoms with Gasteiger partial charge < -0.3 is 14.3 Å². The standard InChI is InChI=1S/C21H15F2N7O/c22-13-5-3-12(4-6-13)20-26-27-21(31-20)29-9-7-15-18(25-11-24-15)19(29)16-10-17-14(23)2-1-8-30(17)28-16/h1-6,8,10-11,19H,7,9H2,(H,24,25)/t19-/m1/s1. The van der Waals surface area contributed by atoms with Gasteiger partial charge in [-0.1, -0.05) is 5.10 Å². The van der Waals surface area contributed by atoms with Crippen molar-refractivity contribution in [2.24, 2.45) is 0 Å². The van der Waals surface area contributed by atoms with Crippen molar-refractivity contribution in [3.63, 3.8) is 0 Å². The second-order valence-electron chi connectivity index (χ2n) is 7.26. The molecule has 31 heavy (non-hydrogen) atoms. The molecule has 0 amide bonds. The molecule has 5 heterocycles. The van der Waals surface area contributed by atoms with E-state index in [1.807, 2.05) is 4.90 Å². The van der Waals surface area contributed by atoms with Crippen LogP contribution in [0, 0.1) is 11.6 Å². The summed E-state index contributed by atoms with van der Waals surface area (Å²) in [4.78, 5) is 9.55. The molecule has 8 nitrogen and oxygen atoms in total. The molecule has 4 aromatic heterocycles. The predicted octanol–water partition coefficient (Wildman–Crippen LogP) is 3.54. The highest BCUT2D eigenvalue weighted by molar-refractivity contribution is 5.55. The Bertz CT molecular complexity index is 1390. The average molecular weight is 419 g/mol. The van der Waals surface area contributed by atoms with Crippen molar-refractivity contribution < 1.29 is 13.2 Å². The molecule has 0 unspecified atom stereocenters. The number of nitrogens with zero attached hydrogens (tertiary/aromatic N) is 6. The van der Waals surface area contributed by atoms with Crippen LogP contribution in [-0.2, 0) is 6.42 Å². The van der Waals surface area contributed by atoms with Gasteiger partial charge >= 0.3 is 6.01 Å². The van der Waals surface area contributed by atoms with Crippen molar-refractivity contribution in [1.82, 2.24) is 29.8 Å². The van der Waals surface area contributed by atoms with Crippen LogP contribution in [0.2, 0.25) is 0 Å². The van der Waals surface area contributed by atoms with E-state index in [9.17, 15) is 8.78 Å². The van der Waals surface area contributed by atoms with Gasteiger partial charge in [-0.25, -0.2) is 18.3 Å². The van der Waals surface area contributed by atoms with Gasteiger partial charge in [0.15, 0.2) is 0 Å². The first-order chi connectivity index (χ1) is 15.2. The summed E-state index contributed by atoms with van der Waals surface area (Å²) in [5.41, 5.74) is 3.36. The number of imidazole rings is 1. The van der Waals surface area contributed by atoms with Crippen LogP contribution in [0.1, 0.15) is 23.1 Å². The number of aromatic amines is 1. The molecule has 10 heteroatoms. The third-order valence-corrected chi connectivity index (χ3v) is 5.43. The third kappa shape index (κ3) is 2.87. The van der Waals surface area contributed by atoms with E-state index in [2.05, 4.69) is 25.3 Å². The molecule has 1 aromatic carbocycles. The molecular formula is C21H15F2N7O. The van der Waals surface area contributed by atoms with E-state index in [1.54, 1.807) is 36.8 Å². The Hall–Kier alpha value is -4.08. The molecule has 0 saturated carbocycles. The Morgan fingerprint density at radius 1 is 1.10 bits per heavy atom. The summed E-state index contributed by atoms with van der Waals surface area (Å²) in [6.45, 7) is 0.571. The highest BCUT2D eigenvalue weighted by Crippen LogP contribution is 2.37. The van der Waals surface area contributed by atoms with Crippen molar-refractivity contribution >= 4 is 11.5 Å². The van der Waals surface area contributed by atoms with Crippen molar-refractivity contribution in [3.05, 3.63) is 83.7 Å². The molecule has 154 valence electrons. The van der Waals surface area contributed by atoms with Gasteiger partial charge in [0, 0.05) is 30.4 Å². The third-order valence-electron chi connectivity index (χ3n) is 5.43. The summed E-state index contributed by atoms with van der Waals surface area (Å²) in [5, 5.41) is 12.9. The van der Waals surface area contributed by atoms with Gasteiger partial charge in [0.1, 0.15) is 23.2 Å². The molecule has 0 radical (unpaired) electrons. The lowest BCUT2D eigenvalue weighted by Crippen LogP contribution is -2.36. The van der Waals surface area contributed by atoms with Gasteiger partial charge in [0.2, 0.25) is 5.89 Å². The Kier molecular flexibility index (Phi) is 3.85. The monoisotopic (exact) mass is 419 g/mol. The Labute approximate surface area is 174 Å². The summed E-state index contributed by atoms with van der Waals surface area (Å²) in [6.07, 6.45) is 4.02. The summed E-state index contributed by atoms with van der Waals surface area (Å²) in [7, 11) is 0. The van der Waals surface area contributed by atoms with Gasteiger partial charge in [-0.05, 0) is 42.5 Å². The number of anilines is 1. The molecule has 1 aliphatic rings. The fourth-order valence-electron chi connectivity index (χ4n) is 3.96. The molecule has 0 spiro atoms. The molecule has 1 N–H and O–H groups in total. The zero-order valence-electron chi connectivity index (χ0n) is 16.0. The van der Waals surface area contributed by atoms with Crippen molar-refractivity contribution in [1.29, 1.82) is 0 Å². The van der Waals surface area contributed by atoms with Gasteiger partial charge in [-0.2, -0.15) is 5.10 Å². The number of hydrogen-bond acceptors (Lipinski definition) is 6. The second-order valence-corrected chi connectivity index (χ2v) is 7.26. The van der Waals surface area contributed by atoms with Crippen molar-refractivity contribution in [2.75, 3.05) is 11.4 Å². The normalized spacial score (nSPS) is 16.1. The van der Waals surface area contributed by atoms with E-state index < -0.39 is 6.04 Å². The zero-order valence-corrected chi connectivity index (χ0v) is 16.0.